The minimum absolute atomic E-state index is 0.119. The van der Waals surface area contributed by atoms with Crippen LogP contribution in [0.25, 0.3) is 0 Å². The molecule has 0 fully saturated rings. The van der Waals surface area contributed by atoms with Gasteiger partial charge >= 0.3 is 0 Å². The van der Waals surface area contributed by atoms with Gasteiger partial charge in [-0.3, -0.25) is 4.79 Å². The number of hydrogen-bond donors (Lipinski definition) is 1. The summed E-state index contributed by atoms with van der Waals surface area (Å²) in [4.78, 5) is 12.1. The van der Waals surface area contributed by atoms with Crippen molar-refractivity contribution in [1.29, 1.82) is 0 Å². The summed E-state index contributed by atoms with van der Waals surface area (Å²) < 4.78 is 13.8. The highest BCUT2D eigenvalue weighted by atomic mass is 79.9. The molecule has 0 aliphatic rings. The molecule has 0 aliphatic carbocycles. The Hall–Kier alpha value is -1.68. The summed E-state index contributed by atoms with van der Waals surface area (Å²) in [5.74, 6) is -0.376. The second-order valence-electron chi connectivity index (χ2n) is 5.58. The molecule has 21 heavy (non-hydrogen) atoms. The molecular formula is C17H17BrFNO. The summed E-state index contributed by atoms with van der Waals surface area (Å²) in [6.45, 7) is 4.51. The minimum atomic E-state index is -0.268. The van der Waals surface area contributed by atoms with Crippen molar-refractivity contribution in [1.82, 2.24) is 5.32 Å². The van der Waals surface area contributed by atoms with Crippen molar-refractivity contribution in [3.63, 3.8) is 0 Å². The van der Waals surface area contributed by atoms with E-state index in [4.69, 9.17) is 0 Å². The first-order chi connectivity index (χ1) is 9.88. The van der Waals surface area contributed by atoms with E-state index in [1.165, 1.54) is 12.1 Å². The number of carbonyl (C=O) groups is 1. The van der Waals surface area contributed by atoms with Gasteiger partial charge in [-0.15, -0.1) is 0 Å². The summed E-state index contributed by atoms with van der Waals surface area (Å²) in [5, 5.41) is 2.93. The molecule has 110 valence electrons. The topological polar surface area (TPSA) is 29.1 Å². The zero-order chi connectivity index (χ0) is 15.5. The Bertz CT molecular complexity index is 637. The average molecular weight is 350 g/mol. The largest absolute Gasteiger partial charge is 0.351 e. The summed E-state index contributed by atoms with van der Waals surface area (Å²) in [5.41, 5.74) is 1.33. The number of hydrogen-bond acceptors (Lipinski definition) is 1. The van der Waals surface area contributed by atoms with E-state index in [1.54, 1.807) is 24.3 Å². The number of nitrogens with one attached hydrogen (secondary N) is 1. The van der Waals surface area contributed by atoms with Gasteiger partial charge in [-0.05, 0) is 35.9 Å². The highest BCUT2D eigenvalue weighted by molar-refractivity contribution is 9.10. The smallest absolute Gasteiger partial charge is 0.251 e. The molecule has 0 heterocycles. The Labute approximate surface area is 132 Å². The Balaban J connectivity index is 2.04. The first kappa shape index (κ1) is 15.7. The molecule has 2 aromatic carbocycles. The molecule has 2 nitrogen and oxygen atoms in total. The lowest BCUT2D eigenvalue weighted by Gasteiger charge is -2.25. The molecule has 0 unspecified atom stereocenters. The van der Waals surface area contributed by atoms with Crippen LogP contribution in [0.1, 0.15) is 29.8 Å². The molecule has 0 saturated carbocycles. The maximum absolute atomic E-state index is 13.0. The van der Waals surface area contributed by atoms with E-state index in [0.717, 1.165) is 10.0 Å². The zero-order valence-electron chi connectivity index (χ0n) is 12.0. The molecule has 2 aromatic rings. The normalized spacial score (nSPS) is 11.2. The first-order valence-corrected chi connectivity index (χ1v) is 7.47. The third-order valence-corrected chi connectivity index (χ3v) is 3.90. The molecule has 1 amide bonds. The molecule has 2 rings (SSSR count). The molecule has 0 saturated heterocycles. The molecule has 0 radical (unpaired) electrons. The van der Waals surface area contributed by atoms with Crippen molar-refractivity contribution in [2.75, 3.05) is 6.54 Å². The van der Waals surface area contributed by atoms with E-state index in [1.807, 2.05) is 26.0 Å². The van der Waals surface area contributed by atoms with Crippen LogP contribution >= 0.6 is 15.9 Å². The third-order valence-electron chi connectivity index (χ3n) is 3.40. The summed E-state index contributed by atoms with van der Waals surface area (Å²) in [6.07, 6.45) is 0. The van der Waals surface area contributed by atoms with Crippen molar-refractivity contribution in [3.05, 3.63) is 69.9 Å². The summed E-state index contributed by atoms with van der Waals surface area (Å²) >= 11 is 3.35. The Morgan fingerprint density at radius 3 is 2.48 bits per heavy atom. The van der Waals surface area contributed by atoms with Crippen molar-refractivity contribution in [2.24, 2.45) is 0 Å². The molecule has 0 aromatic heterocycles. The predicted octanol–water partition coefficient (Wildman–Crippen LogP) is 4.30. The highest BCUT2D eigenvalue weighted by Crippen LogP contribution is 2.22. The maximum atomic E-state index is 13.0. The van der Waals surface area contributed by atoms with Crippen molar-refractivity contribution >= 4 is 21.8 Å². The predicted molar refractivity (Wildman–Crippen MR) is 85.9 cm³/mol. The number of carbonyl (C=O) groups excluding carboxylic acids is 1. The van der Waals surface area contributed by atoms with Crippen molar-refractivity contribution in [2.45, 2.75) is 19.3 Å². The van der Waals surface area contributed by atoms with Crippen LogP contribution in [0.15, 0.2) is 53.0 Å². The van der Waals surface area contributed by atoms with Crippen molar-refractivity contribution < 1.29 is 9.18 Å². The van der Waals surface area contributed by atoms with Gasteiger partial charge in [0.15, 0.2) is 0 Å². The van der Waals surface area contributed by atoms with Gasteiger partial charge in [0.25, 0.3) is 5.91 Å². The SMILES string of the molecule is CC(C)(CNC(=O)c1cccc(Br)c1)c1ccc(F)cc1. The second-order valence-corrected chi connectivity index (χ2v) is 6.50. The van der Waals surface area contributed by atoms with E-state index >= 15 is 0 Å². The standard InChI is InChI=1S/C17H17BrFNO/c1-17(2,13-6-8-15(19)9-7-13)11-20-16(21)12-4-3-5-14(18)10-12/h3-10H,11H2,1-2H3,(H,20,21). The average Bonchev–Trinajstić information content (AvgIpc) is 2.45. The van der Waals surface area contributed by atoms with E-state index < -0.39 is 0 Å². The Morgan fingerprint density at radius 1 is 1.19 bits per heavy atom. The van der Waals surface area contributed by atoms with Gasteiger partial charge in [0, 0.05) is 22.0 Å². The maximum Gasteiger partial charge on any atom is 0.251 e. The fourth-order valence-corrected chi connectivity index (χ4v) is 2.44. The molecule has 0 atom stereocenters. The zero-order valence-corrected chi connectivity index (χ0v) is 13.6. The molecule has 0 spiro atoms. The van der Waals surface area contributed by atoms with E-state index in [-0.39, 0.29) is 17.1 Å². The first-order valence-electron chi connectivity index (χ1n) is 6.68. The van der Waals surface area contributed by atoms with Gasteiger partial charge in [-0.2, -0.15) is 0 Å². The summed E-state index contributed by atoms with van der Waals surface area (Å²) in [7, 11) is 0. The van der Waals surface area contributed by atoms with Crippen LogP contribution in [0.5, 0.6) is 0 Å². The number of amides is 1. The van der Waals surface area contributed by atoms with Gasteiger partial charge in [-0.1, -0.05) is 48.0 Å². The molecule has 4 heteroatoms. The molecule has 0 aliphatic heterocycles. The van der Waals surface area contributed by atoms with Gasteiger partial charge in [0.05, 0.1) is 0 Å². The van der Waals surface area contributed by atoms with Gasteiger partial charge in [0.1, 0.15) is 5.82 Å². The van der Waals surface area contributed by atoms with Crippen LogP contribution in [0, 0.1) is 5.82 Å². The third kappa shape index (κ3) is 4.14. The number of halogens is 2. The van der Waals surface area contributed by atoms with Crippen LogP contribution in [0.4, 0.5) is 4.39 Å². The minimum Gasteiger partial charge on any atom is -0.351 e. The fourth-order valence-electron chi connectivity index (χ4n) is 2.04. The lowest BCUT2D eigenvalue weighted by Crippen LogP contribution is -2.36. The summed E-state index contributed by atoms with van der Waals surface area (Å²) in [6, 6.07) is 13.6. The monoisotopic (exact) mass is 349 g/mol. The second kappa shape index (κ2) is 6.39. The van der Waals surface area contributed by atoms with Crippen LogP contribution in [-0.2, 0) is 5.41 Å². The molecule has 0 bridgehead atoms. The van der Waals surface area contributed by atoms with Crippen molar-refractivity contribution in [3.8, 4) is 0 Å². The number of benzene rings is 2. The Morgan fingerprint density at radius 2 is 1.86 bits per heavy atom. The van der Waals surface area contributed by atoms with Gasteiger partial charge in [0.2, 0.25) is 0 Å². The van der Waals surface area contributed by atoms with Crippen LogP contribution in [0.3, 0.4) is 0 Å². The Kier molecular flexibility index (Phi) is 4.78. The van der Waals surface area contributed by atoms with Crippen LogP contribution in [-0.4, -0.2) is 12.5 Å². The molecular weight excluding hydrogens is 333 g/mol. The van der Waals surface area contributed by atoms with Gasteiger partial charge in [-0.25, -0.2) is 4.39 Å². The highest BCUT2D eigenvalue weighted by Gasteiger charge is 2.21. The molecule has 1 N–H and O–H groups in total. The van der Waals surface area contributed by atoms with Gasteiger partial charge < -0.3 is 5.32 Å². The lowest BCUT2D eigenvalue weighted by molar-refractivity contribution is 0.0945. The van der Waals surface area contributed by atoms with Crippen LogP contribution in [0.2, 0.25) is 0 Å². The lowest BCUT2D eigenvalue weighted by atomic mass is 9.84. The fraction of sp³-hybridized carbons (Fsp3) is 0.235. The van der Waals surface area contributed by atoms with Crippen LogP contribution < -0.4 is 5.32 Å². The van der Waals surface area contributed by atoms with E-state index in [0.29, 0.717) is 12.1 Å². The quantitative estimate of drug-likeness (QED) is 0.875. The van der Waals surface area contributed by atoms with E-state index in [2.05, 4.69) is 21.2 Å². The van der Waals surface area contributed by atoms with E-state index in [9.17, 15) is 9.18 Å². The number of rotatable bonds is 4.